The molecular formula is C23H25N3O4. The van der Waals surface area contributed by atoms with Crippen LogP contribution in [0.5, 0.6) is 0 Å². The van der Waals surface area contributed by atoms with Crippen LogP contribution in [0.2, 0.25) is 0 Å². The number of anilines is 1. The summed E-state index contributed by atoms with van der Waals surface area (Å²) in [5.41, 5.74) is 2.83. The van der Waals surface area contributed by atoms with Gasteiger partial charge in [0.1, 0.15) is 12.1 Å². The zero-order valence-corrected chi connectivity index (χ0v) is 16.7. The molecule has 1 unspecified atom stereocenters. The molecule has 2 saturated heterocycles. The minimum Gasteiger partial charge on any atom is -0.465 e. The Morgan fingerprint density at radius 3 is 2.07 bits per heavy atom. The summed E-state index contributed by atoms with van der Waals surface area (Å²) in [5.74, 6) is -0.486. The summed E-state index contributed by atoms with van der Waals surface area (Å²) >= 11 is 0. The van der Waals surface area contributed by atoms with Crippen molar-refractivity contribution in [3.63, 3.8) is 0 Å². The first-order valence-electron chi connectivity index (χ1n) is 10.3. The molecule has 156 valence electrons. The van der Waals surface area contributed by atoms with Crippen molar-refractivity contribution in [1.29, 1.82) is 0 Å². The Hall–Kier alpha value is -3.35. The van der Waals surface area contributed by atoms with Gasteiger partial charge in [0.05, 0.1) is 0 Å². The normalized spacial score (nSPS) is 20.9. The fraction of sp³-hybridized carbons (Fsp3) is 0.348. The third-order valence-corrected chi connectivity index (χ3v) is 5.88. The standard InChI is InChI=1S/C23H25N3O4/c27-21(24-18-12-10-17(11-13-18)16-6-2-1-3-7-16)19-8-4-14-25(19)22(28)20-9-5-15-26(20)23(29)30/h1-3,6-7,10-13,19-20H,4-5,8-9,14-15H2,(H,24,27)(H,29,30)/t19-,20?/m0/s1. The van der Waals surface area contributed by atoms with Crippen molar-refractivity contribution in [2.24, 2.45) is 0 Å². The van der Waals surface area contributed by atoms with E-state index in [0.717, 1.165) is 17.5 Å². The van der Waals surface area contributed by atoms with E-state index in [1.165, 1.54) is 4.90 Å². The second-order valence-electron chi connectivity index (χ2n) is 7.76. The van der Waals surface area contributed by atoms with E-state index in [0.29, 0.717) is 38.0 Å². The average Bonchev–Trinajstić information content (AvgIpc) is 3.44. The lowest BCUT2D eigenvalue weighted by Gasteiger charge is -2.29. The van der Waals surface area contributed by atoms with Crippen molar-refractivity contribution < 1.29 is 19.5 Å². The Morgan fingerprint density at radius 1 is 0.800 bits per heavy atom. The monoisotopic (exact) mass is 407 g/mol. The summed E-state index contributed by atoms with van der Waals surface area (Å²) in [6, 6.07) is 16.3. The van der Waals surface area contributed by atoms with Crippen molar-refractivity contribution >= 4 is 23.6 Å². The van der Waals surface area contributed by atoms with E-state index < -0.39 is 18.2 Å². The molecule has 4 rings (SSSR count). The Bertz CT molecular complexity index is 929. The fourth-order valence-electron chi connectivity index (χ4n) is 4.35. The Labute approximate surface area is 175 Å². The molecule has 2 fully saturated rings. The second kappa shape index (κ2) is 8.57. The Balaban J connectivity index is 1.42. The molecule has 0 bridgehead atoms. The van der Waals surface area contributed by atoms with E-state index in [1.54, 1.807) is 4.90 Å². The maximum absolute atomic E-state index is 13.0. The van der Waals surface area contributed by atoms with Crippen molar-refractivity contribution in [1.82, 2.24) is 9.80 Å². The van der Waals surface area contributed by atoms with Crippen LogP contribution in [0.15, 0.2) is 54.6 Å². The third kappa shape index (κ3) is 4.01. The molecule has 2 aromatic carbocycles. The van der Waals surface area contributed by atoms with Gasteiger partial charge in [0, 0.05) is 18.8 Å². The number of nitrogens with zero attached hydrogens (tertiary/aromatic N) is 2. The molecule has 2 aliphatic heterocycles. The van der Waals surface area contributed by atoms with Gasteiger partial charge < -0.3 is 15.3 Å². The maximum Gasteiger partial charge on any atom is 0.407 e. The topological polar surface area (TPSA) is 90.0 Å². The Morgan fingerprint density at radius 2 is 1.40 bits per heavy atom. The molecule has 7 heteroatoms. The van der Waals surface area contributed by atoms with E-state index in [9.17, 15) is 19.5 Å². The number of carbonyl (C=O) groups is 3. The van der Waals surface area contributed by atoms with Gasteiger partial charge in [-0.15, -0.1) is 0 Å². The van der Waals surface area contributed by atoms with Crippen LogP contribution in [0.3, 0.4) is 0 Å². The summed E-state index contributed by atoms with van der Waals surface area (Å²) in [5, 5.41) is 12.2. The van der Waals surface area contributed by atoms with Gasteiger partial charge >= 0.3 is 6.09 Å². The van der Waals surface area contributed by atoms with Crippen LogP contribution in [-0.2, 0) is 9.59 Å². The summed E-state index contributed by atoms with van der Waals surface area (Å²) in [6.45, 7) is 0.845. The van der Waals surface area contributed by atoms with Crippen LogP contribution in [-0.4, -0.2) is 58.0 Å². The molecular weight excluding hydrogens is 382 g/mol. The number of hydrogen-bond acceptors (Lipinski definition) is 3. The van der Waals surface area contributed by atoms with Crippen LogP contribution >= 0.6 is 0 Å². The second-order valence-corrected chi connectivity index (χ2v) is 7.76. The van der Waals surface area contributed by atoms with E-state index >= 15 is 0 Å². The van der Waals surface area contributed by atoms with Crippen molar-refractivity contribution in [2.75, 3.05) is 18.4 Å². The molecule has 0 aliphatic carbocycles. The van der Waals surface area contributed by atoms with Crippen molar-refractivity contribution in [2.45, 2.75) is 37.8 Å². The molecule has 2 aromatic rings. The van der Waals surface area contributed by atoms with Crippen LogP contribution in [0.4, 0.5) is 10.5 Å². The number of carbonyl (C=O) groups excluding carboxylic acids is 2. The highest BCUT2D eigenvalue weighted by atomic mass is 16.4. The molecule has 2 atom stereocenters. The summed E-state index contributed by atoms with van der Waals surface area (Å²) in [7, 11) is 0. The van der Waals surface area contributed by atoms with Gasteiger partial charge in [0.15, 0.2) is 0 Å². The van der Waals surface area contributed by atoms with Crippen LogP contribution in [0.25, 0.3) is 11.1 Å². The minimum absolute atomic E-state index is 0.229. The largest absolute Gasteiger partial charge is 0.465 e. The molecule has 0 saturated carbocycles. The van der Waals surface area contributed by atoms with Crippen LogP contribution in [0.1, 0.15) is 25.7 Å². The predicted octanol–water partition coefficient (Wildman–Crippen LogP) is 3.43. The highest BCUT2D eigenvalue weighted by Crippen LogP contribution is 2.26. The molecule has 0 radical (unpaired) electrons. The van der Waals surface area contributed by atoms with Gasteiger partial charge in [-0.1, -0.05) is 42.5 Å². The molecule has 2 N–H and O–H groups in total. The zero-order valence-electron chi connectivity index (χ0n) is 16.7. The van der Waals surface area contributed by atoms with Crippen LogP contribution in [0, 0.1) is 0 Å². The average molecular weight is 407 g/mol. The first-order valence-corrected chi connectivity index (χ1v) is 10.3. The van der Waals surface area contributed by atoms with Gasteiger partial charge in [0.2, 0.25) is 11.8 Å². The van der Waals surface area contributed by atoms with E-state index in [2.05, 4.69) is 5.32 Å². The molecule has 0 spiro atoms. The molecule has 7 nitrogen and oxygen atoms in total. The number of nitrogens with one attached hydrogen (secondary N) is 1. The quantitative estimate of drug-likeness (QED) is 0.813. The number of hydrogen-bond donors (Lipinski definition) is 2. The number of likely N-dealkylation sites (tertiary alicyclic amines) is 2. The minimum atomic E-state index is -1.08. The van der Waals surface area contributed by atoms with Gasteiger partial charge in [-0.05, 0) is 48.9 Å². The molecule has 2 aliphatic rings. The summed E-state index contributed by atoms with van der Waals surface area (Å²) < 4.78 is 0. The summed E-state index contributed by atoms with van der Waals surface area (Å²) in [6.07, 6.45) is 1.42. The first-order chi connectivity index (χ1) is 14.5. The van der Waals surface area contributed by atoms with Crippen molar-refractivity contribution in [3.05, 3.63) is 54.6 Å². The lowest BCUT2D eigenvalue weighted by molar-refractivity contribution is -0.140. The van der Waals surface area contributed by atoms with E-state index in [-0.39, 0.29) is 11.8 Å². The fourth-order valence-corrected chi connectivity index (χ4v) is 4.35. The molecule has 2 heterocycles. The van der Waals surface area contributed by atoms with E-state index in [4.69, 9.17) is 0 Å². The zero-order chi connectivity index (χ0) is 21.1. The van der Waals surface area contributed by atoms with Gasteiger partial charge in [-0.3, -0.25) is 14.5 Å². The van der Waals surface area contributed by atoms with Gasteiger partial charge in [-0.25, -0.2) is 4.79 Å². The smallest absolute Gasteiger partial charge is 0.407 e. The SMILES string of the molecule is O=C(Nc1ccc(-c2ccccc2)cc1)[C@@H]1CCCN1C(=O)C1CCCN1C(=O)O. The first kappa shape index (κ1) is 19.9. The number of amides is 3. The third-order valence-electron chi connectivity index (χ3n) is 5.88. The highest BCUT2D eigenvalue weighted by molar-refractivity contribution is 5.98. The highest BCUT2D eigenvalue weighted by Gasteiger charge is 2.42. The Kier molecular flexibility index (Phi) is 5.70. The number of carboxylic acid groups (broad SMARTS) is 1. The van der Waals surface area contributed by atoms with E-state index in [1.807, 2.05) is 54.6 Å². The van der Waals surface area contributed by atoms with Gasteiger partial charge in [-0.2, -0.15) is 0 Å². The van der Waals surface area contributed by atoms with Crippen LogP contribution < -0.4 is 5.32 Å². The lowest BCUT2D eigenvalue weighted by atomic mass is 10.1. The number of rotatable bonds is 4. The maximum atomic E-state index is 13.0. The lowest BCUT2D eigenvalue weighted by Crippen LogP contribution is -2.51. The predicted molar refractivity (Wildman–Crippen MR) is 113 cm³/mol. The summed E-state index contributed by atoms with van der Waals surface area (Å²) in [4.78, 5) is 40.0. The van der Waals surface area contributed by atoms with Crippen molar-refractivity contribution in [3.8, 4) is 11.1 Å². The van der Waals surface area contributed by atoms with Gasteiger partial charge in [0.25, 0.3) is 0 Å². The molecule has 0 aromatic heterocycles. The molecule has 3 amide bonds. The molecule has 30 heavy (non-hydrogen) atoms. The number of benzene rings is 2.